The summed E-state index contributed by atoms with van der Waals surface area (Å²) in [5, 5.41) is 3.10. The minimum absolute atomic E-state index is 0.0395. The number of ketones is 1. The average molecular weight is 482 g/mol. The van der Waals surface area contributed by atoms with Crippen LogP contribution in [-0.2, 0) is 22.8 Å². The second kappa shape index (κ2) is 10.3. The van der Waals surface area contributed by atoms with Gasteiger partial charge in [-0.2, -0.15) is 0 Å². The zero-order valence-electron chi connectivity index (χ0n) is 19.1. The maximum atomic E-state index is 12.4. The zero-order valence-corrected chi connectivity index (χ0v) is 20.0. The van der Waals surface area contributed by atoms with Crippen molar-refractivity contribution in [3.63, 3.8) is 0 Å². The van der Waals surface area contributed by atoms with Crippen LogP contribution in [0.1, 0.15) is 28.5 Å². The molecule has 0 aliphatic carbocycles. The molecule has 1 N–H and O–H groups in total. The van der Waals surface area contributed by atoms with Gasteiger partial charge in [-0.15, -0.1) is 0 Å². The molecule has 1 aliphatic heterocycles. The van der Waals surface area contributed by atoms with Crippen LogP contribution in [0.25, 0.3) is 0 Å². The number of benzene rings is 1. The summed E-state index contributed by atoms with van der Waals surface area (Å²) >= 11 is 0. The minimum Gasteiger partial charge on any atom is -0.471 e. The van der Waals surface area contributed by atoms with Crippen LogP contribution < -0.4 is 10.1 Å². The second-order valence-electron chi connectivity index (χ2n) is 8.42. The molecular weight excluding hydrogens is 454 g/mol. The van der Waals surface area contributed by atoms with E-state index >= 15 is 0 Å². The Kier molecular flexibility index (Phi) is 7.18. The van der Waals surface area contributed by atoms with Gasteiger partial charge in [0.2, 0.25) is 5.88 Å². The summed E-state index contributed by atoms with van der Waals surface area (Å²) in [6.07, 6.45) is 4.42. The SMILES string of the molecule is CC(=O)c1c(Nc2ccc(CCS(C)(=O)=O)nc2)ncnc1OC1CN(Cc2ccccc2)C1. The number of pyridine rings is 1. The Bertz CT molecular complexity index is 1240. The van der Waals surface area contributed by atoms with Crippen molar-refractivity contribution in [1.82, 2.24) is 19.9 Å². The number of nitrogens with one attached hydrogen (secondary N) is 1. The van der Waals surface area contributed by atoms with Crippen LogP contribution in [0.5, 0.6) is 5.88 Å². The molecule has 3 heterocycles. The number of carbonyl (C=O) groups is 1. The number of aryl methyl sites for hydroxylation is 1. The van der Waals surface area contributed by atoms with E-state index in [4.69, 9.17) is 4.74 Å². The van der Waals surface area contributed by atoms with Gasteiger partial charge in [-0.25, -0.2) is 18.4 Å². The van der Waals surface area contributed by atoms with Crippen molar-refractivity contribution in [3.8, 4) is 5.88 Å². The summed E-state index contributed by atoms with van der Waals surface area (Å²) in [4.78, 5) is 27.4. The zero-order chi connectivity index (χ0) is 24.1. The molecule has 0 amide bonds. The van der Waals surface area contributed by atoms with E-state index in [9.17, 15) is 13.2 Å². The molecular formula is C24H27N5O4S. The quantitative estimate of drug-likeness (QED) is 0.436. The Morgan fingerprint density at radius 3 is 2.53 bits per heavy atom. The van der Waals surface area contributed by atoms with Crippen LogP contribution in [0.3, 0.4) is 0 Å². The molecule has 3 aromatic rings. The summed E-state index contributed by atoms with van der Waals surface area (Å²) in [5.41, 5.74) is 2.81. The molecule has 178 valence electrons. The predicted molar refractivity (Wildman–Crippen MR) is 129 cm³/mol. The molecule has 0 atom stereocenters. The molecule has 0 spiro atoms. The van der Waals surface area contributed by atoms with Crippen LogP contribution in [0.4, 0.5) is 11.5 Å². The molecule has 0 radical (unpaired) electrons. The molecule has 1 fully saturated rings. The highest BCUT2D eigenvalue weighted by molar-refractivity contribution is 7.90. The highest BCUT2D eigenvalue weighted by atomic mass is 32.2. The Labute approximate surface area is 199 Å². The average Bonchev–Trinajstić information content (AvgIpc) is 2.77. The summed E-state index contributed by atoms with van der Waals surface area (Å²) in [6, 6.07) is 13.8. The number of nitrogens with zero attached hydrogens (tertiary/aromatic N) is 4. The fraction of sp³-hybridized carbons (Fsp3) is 0.333. The van der Waals surface area contributed by atoms with Gasteiger partial charge in [0.1, 0.15) is 33.6 Å². The highest BCUT2D eigenvalue weighted by Crippen LogP contribution is 2.28. The van der Waals surface area contributed by atoms with Gasteiger partial charge in [-0.1, -0.05) is 30.3 Å². The number of hydrogen-bond donors (Lipinski definition) is 1. The van der Waals surface area contributed by atoms with E-state index in [1.54, 1.807) is 18.3 Å². The first kappa shape index (κ1) is 23.8. The maximum absolute atomic E-state index is 12.4. The molecule has 9 nitrogen and oxygen atoms in total. The van der Waals surface area contributed by atoms with E-state index in [0.29, 0.717) is 23.6 Å². The van der Waals surface area contributed by atoms with Crippen LogP contribution in [-0.4, -0.2) is 65.3 Å². The topological polar surface area (TPSA) is 114 Å². The number of aromatic nitrogens is 3. The Morgan fingerprint density at radius 2 is 1.88 bits per heavy atom. The van der Waals surface area contributed by atoms with Crippen LogP contribution in [0, 0.1) is 0 Å². The van der Waals surface area contributed by atoms with E-state index in [1.807, 2.05) is 18.2 Å². The van der Waals surface area contributed by atoms with Gasteiger partial charge in [-0.05, 0) is 24.6 Å². The van der Waals surface area contributed by atoms with Gasteiger partial charge in [0.25, 0.3) is 0 Å². The van der Waals surface area contributed by atoms with Crippen molar-refractivity contribution in [3.05, 3.63) is 71.8 Å². The molecule has 10 heteroatoms. The molecule has 1 aromatic carbocycles. The molecule has 34 heavy (non-hydrogen) atoms. The van der Waals surface area contributed by atoms with Crippen LogP contribution >= 0.6 is 0 Å². The van der Waals surface area contributed by atoms with Crippen molar-refractivity contribution in [2.45, 2.75) is 26.0 Å². The third-order valence-electron chi connectivity index (χ3n) is 5.43. The molecule has 0 unspecified atom stereocenters. The van der Waals surface area contributed by atoms with Crippen LogP contribution in [0.2, 0.25) is 0 Å². The first-order valence-electron chi connectivity index (χ1n) is 11.0. The molecule has 4 rings (SSSR count). The van der Waals surface area contributed by atoms with Crippen molar-refractivity contribution in [2.75, 3.05) is 30.4 Å². The number of ether oxygens (including phenoxy) is 1. The Morgan fingerprint density at radius 1 is 1.12 bits per heavy atom. The largest absolute Gasteiger partial charge is 0.471 e. The molecule has 1 saturated heterocycles. The summed E-state index contributed by atoms with van der Waals surface area (Å²) in [7, 11) is -3.05. The fourth-order valence-electron chi connectivity index (χ4n) is 3.67. The van der Waals surface area contributed by atoms with Gasteiger partial charge in [0.15, 0.2) is 5.78 Å². The summed E-state index contributed by atoms with van der Waals surface area (Å²) < 4.78 is 28.7. The number of carbonyl (C=O) groups excluding carboxylic acids is 1. The van der Waals surface area contributed by atoms with Gasteiger partial charge >= 0.3 is 0 Å². The lowest BCUT2D eigenvalue weighted by atomic mass is 10.1. The first-order valence-corrected chi connectivity index (χ1v) is 13.0. The monoisotopic (exact) mass is 481 g/mol. The minimum atomic E-state index is -3.05. The smallest absolute Gasteiger partial charge is 0.230 e. The lowest BCUT2D eigenvalue weighted by Crippen LogP contribution is -2.53. The van der Waals surface area contributed by atoms with E-state index in [0.717, 1.165) is 19.6 Å². The third kappa shape index (κ3) is 6.36. The van der Waals surface area contributed by atoms with E-state index < -0.39 is 9.84 Å². The van der Waals surface area contributed by atoms with E-state index in [-0.39, 0.29) is 29.1 Å². The standard InChI is InChI=1S/C24H27N5O4S/c1-17(30)22-23(28-20-9-8-19(25-12-20)10-11-34(2,31)32)26-16-27-24(22)33-21-14-29(15-21)13-18-6-4-3-5-7-18/h3-9,12,16,21H,10-11,13-15H2,1-2H3,(H,26,27,28). The number of likely N-dealkylation sites (tertiary alicyclic amines) is 1. The maximum Gasteiger partial charge on any atom is 0.230 e. The van der Waals surface area contributed by atoms with Crippen LogP contribution in [0.15, 0.2) is 55.0 Å². The van der Waals surface area contributed by atoms with Gasteiger partial charge in [0.05, 0.1) is 17.6 Å². The molecule has 1 aliphatic rings. The fourth-order valence-corrected chi connectivity index (χ4v) is 4.25. The third-order valence-corrected chi connectivity index (χ3v) is 6.38. The van der Waals surface area contributed by atoms with Crippen molar-refractivity contribution in [2.24, 2.45) is 0 Å². The van der Waals surface area contributed by atoms with Gasteiger partial charge in [-0.3, -0.25) is 14.7 Å². The first-order chi connectivity index (χ1) is 16.3. The summed E-state index contributed by atoms with van der Waals surface area (Å²) in [6.45, 7) is 3.80. The van der Waals surface area contributed by atoms with E-state index in [2.05, 4.69) is 37.3 Å². The molecule has 2 aromatic heterocycles. The van der Waals surface area contributed by atoms with Gasteiger partial charge in [0, 0.05) is 38.0 Å². The Balaban J connectivity index is 1.40. The number of Topliss-reactive ketones (excluding diaryl/α,β-unsaturated/α-hetero) is 1. The number of sulfone groups is 1. The van der Waals surface area contributed by atoms with Crippen molar-refractivity contribution >= 4 is 27.1 Å². The number of anilines is 2. The van der Waals surface area contributed by atoms with Crippen molar-refractivity contribution < 1.29 is 17.9 Å². The molecule has 0 saturated carbocycles. The predicted octanol–water partition coefficient (Wildman–Crippen LogP) is 2.67. The summed E-state index contributed by atoms with van der Waals surface area (Å²) in [5.74, 6) is 0.421. The second-order valence-corrected chi connectivity index (χ2v) is 10.7. The van der Waals surface area contributed by atoms with Crippen molar-refractivity contribution in [1.29, 1.82) is 0 Å². The normalized spacial score (nSPS) is 14.4. The van der Waals surface area contributed by atoms with Gasteiger partial charge < -0.3 is 10.1 Å². The Hall–Kier alpha value is -3.37. The lowest BCUT2D eigenvalue weighted by molar-refractivity contribution is 0.0113. The highest BCUT2D eigenvalue weighted by Gasteiger charge is 2.30. The lowest BCUT2D eigenvalue weighted by Gasteiger charge is -2.38. The number of rotatable bonds is 10. The molecule has 0 bridgehead atoms. The van der Waals surface area contributed by atoms with E-state index in [1.165, 1.54) is 25.1 Å². The number of hydrogen-bond acceptors (Lipinski definition) is 9.